The number of rotatable bonds is 5. The van der Waals surface area contributed by atoms with Crippen LogP contribution in [0.15, 0.2) is 29.2 Å². The Morgan fingerprint density at radius 3 is 2.12 bits per heavy atom. The van der Waals surface area contributed by atoms with Crippen LogP contribution in [0, 0.1) is 0 Å². The van der Waals surface area contributed by atoms with Gasteiger partial charge in [0.15, 0.2) is 9.84 Å². The molecule has 0 amide bonds. The summed E-state index contributed by atoms with van der Waals surface area (Å²) in [5, 5.41) is 0. The van der Waals surface area contributed by atoms with Crippen LogP contribution < -0.4 is 5.73 Å². The molecule has 1 aromatic rings. The minimum Gasteiger partial charge on any atom is -0.326 e. The second kappa shape index (κ2) is 5.19. The van der Waals surface area contributed by atoms with E-state index in [9.17, 15) is 8.42 Å². The molecule has 4 heteroatoms. The highest BCUT2D eigenvalue weighted by atomic mass is 32.2. The second-order valence-corrected chi connectivity index (χ2v) is 7.16. The first-order valence-corrected chi connectivity index (χ1v) is 7.50. The van der Waals surface area contributed by atoms with E-state index in [-0.39, 0.29) is 5.75 Å². The number of hydrogen-bond acceptors (Lipinski definition) is 3. The lowest BCUT2D eigenvalue weighted by Gasteiger charge is -2.17. The molecule has 2 N–H and O–H groups in total. The van der Waals surface area contributed by atoms with Gasteiger partial charge < -0.3 is 5.73 Å². The van der Waals surface area contributed by atoms with Gasteiger partial charge in [-0.2, -0.15) is 0 Å². The van der Waals surface area contributed by atoms with Gasteiger partial charge in [0.2, 0.25) is 0 Å². The zero-order chi connectivity index (χ0) is 13.1. The summed E-state index contributed by atoms with van der Waals surface area (Å²) in [5.74, 6) is 0.0992. The van der Waals surface area contributed by atoms with E-state index in [2.05, 4.69) is 0 Å². The Morgan fingerprint density at radius 2 is 1.71 bits per heavy atom. The van der Waals surface area contributed by atoms with Crippen molar-refractivity contribution in [2.24, 2.45) is 5.73 Å². The van der Waals surface area contributed by atoms with Crippen molar-refractivity contribution in [1.82, 2.24) is 0 Å². The minimum atomic E-state index is -3.20. The normalized spacial score (nSPS) is 12.7. The van der Waals surface area contributed by atoms with Crippen molar-refractivity contribution in [3.05, 3.63) is 29.8 Å². The number of aryl methyl sites for hydroxylation is 1. The molecule has 0 bridgehead atoms. The minimum absolute atomic E-state index is 0.0992. The smallest absolute Gasteiger partial charge is 0.178 e. The van der Waals surface area contributed by atoms with Crippen LogP contribution >= 0.6 is 0 Å². The molecule has 0 aromatic heterocycles. The molecule has 0 aliphatic carbocycles. The molecule has 1 rings (SSSR count). The van der Waals surface area contributed by atoms with E-state index >= 15 is 0 Å². The predicted octanol–water partition coefficient (Wildman–Crippen LogP) is 2.15. The molecule has 96 valence electrons. The van der Waals surface area contributed by atoms with Crippen LogP contribution in [0.3, 0.4) is 0 Å². The highest BCUT2D eigenvalue weighted by Crippen LogP contribution is 2.16. The molecule has 0 spiro atoms. The SMILES string of the molecule is CCc1ccc(S(=O)(=O)CCC(C)(C)N)cc1. The van der Waals surface area contributed by atoms with Gasteiger partial charge in [-0.25, -0.2) is 8.42 Å². The molecule has 0 saturated heterocycles. The van der Waals surface area contributed by atoms with Crippen molar-refractivity contribution in [1.29, 1.82) is 0 Å². The Labute approximate surface area is 104 Å². The lowest BCUT2D eigenvalue weighted by atomic mass is 10.0. The molecular weight excluding hydrogens is 234 g/mol. The third kappa shape index (κ3) is 4.48. The Bertz CT molecular complexity index is 455. The molecule has 0 unspecified atom stereocenters. The molecule has 0 aliphatic heterocycles. The lowest BCUT2D eigenvalue weighted by molar-refractivity contribution is 0.495. The van der Waals surface area contributed by atoms with Crippen molar-refractivity contribution < 1.29 is 8.42 Å². The van der Waals surface area contributed by atoms with E-state index in [1.165, 1.54) is 0 Å². The first kappa shape index (κ1) is 14.2. The summed E-state index contributed by atoms with van der Waals surface area (Å²) >= 11 is 0. The van der Waals surface area contributed by atoms with Gasteiger partial charge in [-0.3, -0.25) is 0 Å². The molecule has 0 atom stereocenters. The third-order valence-corrected chi connectivity index (χ3v) is 4.44. The van der Waals surface area contributed by atoms with Gasteiger partial charge in [-0.15, -0.1) is 0 Å². The van der Waals surface area contributed by atoms with Crippen LogP contribution in [0.5, 0.6) is 0 Å². The van der Waals surface area contributed by atoms with Crippen LogP contribution in [0.2, 0.25) is 0 Å². The van der Waals surface area contributed by atoms with Crippen molar-refractivity contribution in [3.8, 4) is 0 Å². The van der Waals surface area contributed by atoms with Gasteiger partial charge in [0.1, 0.15) is 0 Å². The van der Waals surface area contributed by atoms with E-state index in [1.54, 1.807) is 12.1 Å². The van der Waals surface area contributed by atoms with Crippen LogP contribution in [-0.4, -0.2) is 19.7 Å². The van der Waals surface area contributed by atoms with Crippen molar-refractivity contribution in [2.75, 3.05) is 5.75 Å². The van der Waals surface area contributed by atoms with Crippen LogP contribution in [0.1, 0.15) is 32.8 Å². The maximum absolute atomic E-state index is 12.0. The van der Waals surface area contributed by atoms with Gasteiger partial charge >= 0.3 is 0 Å². The number of hydrogen-bond donors (Lipinski definition) is 1. The van der Waals surface area contributed by atoms with Gasteiger partial charge in [0.05, 0.1) is 10.6 Å². The van der Waals surface area contributed by atoms with Crippen LogP contribution in [0.25, 0.3) is 0 Å². The van der Waals surface area contributed by atoms with Crippen molar-refractivity contribution in [3.63, 3.8) is 0 Å². The van der Waals surface area contributed by atoms with Crippen LogP contribution in [0.4, 0.5) is 0 Å². The summed E-state index contributed by atoms with van der Waals surface area (Å²) < 4.78 is 24.0. The average Bonchev–Trinajstić information content (AvgIpc) is 2.26. The summed E-state index contributed by atoms with van der Waals surface area (Å²) in [6.07, 6.45) is 1.38. The topological polar surface area (TPSA) is 60.2 Å². The maximum atomic E-state index is 12.0. The summed E-state index contributed by atoms with van der Waals surface area (Å²) in [7, 11) is -3.20. The van der Waals surface area contributed by atoms with Gasteiger partial charge in [-0.1, -0.05) is 19.1 Å². The fourth-order valence-corrected chi connectivity index (χ4v) is 3.03. The van der Waals surface area contributed by atoms with Crippen molar-refractivity contribution in [2.45, 2.75) is 44.0 Å². The highest BCUT2D eigenvalue weighted by molar-refractivity contribution is 7.91. The Balaban J connectivity index is 2.82. The van der Waals surface area contributed by atoms with E-state index in [4.69, 9.17) is 5.73 Å². The fourth-order valence-electron chi connectivity index (χ4n) is 1.45. The predicted molar refractivity (Wildman–Crippen MR) is 70.8 cm³/mol. The lowest BCUT2D eigenvalue weighted by Crippen LogP contribution is -2.34. The zero-order valence-electron chi connectivity index (χ0n) is 10.7. The van der Waals surface area contributed by atoms with Crippen LogP contribution in [-0.2, 0) is 16.3 Å². The molecule has 3 nitrogen and oxygen atoms in total. The Morgan fingerprint density at radius 1 is 1.18 bits per heavy atom. The Kier molecular flexibility index (Phi) is 4.33. The maximum Gasteiger partial charge on any atom is 0.178 e. The monoisotopic (exact) mass is 255 g/mol. The number of nitrogens with two attached hydrogens (primary N) is 1. The van der Waals surface area contributed by atoms with Gasteiger partial charge in [0, 0.05) is 5.54 Å². The molecule has 0 heterocycles. The quantitative estimate of drug-likeness (QED) is 0.877. The van der Waals surface area contributed by atoms with Gasteiger partial charge in [0.25, 0.3) is 0 Å². The molecule has 17 heavy (non-hydrogen) atoms. The summed E-state index contributed by atoms with van der Waals surface area (Å²) in [6, 6.07) is 7.08. The average molecular weight is 255 g/mol. The van der Waals surface area contributed by atoms with E-state index in [0.717, 1.165) is 12.0 Å². The number of benzene rings is 1. The zero-order valence-corrected chi connectivity index (χ0v) is 11.5. The Hall–Kier alpha value is -0.870. The summed E-state index contributed by atoms with van der Waals surface area (Å²) in [5.41, 5.74) is 6.50. The molecule has 1 aromatic carbocycles. The summed E-state index contributed by atoms with van der Waals surface area (Å²) in [4.78, 5) is 0.388. The first-order chi connectivity index (χ1) is 7.74. The third-order valence-electron chi connectivity index (χ3n) is 2.71. The van der Waals surface area contributed by atoms with E-state index < -0.39 is 15.4 Å². The van der Waals surface area contributed by atoms with Crippen molar-refractivity contribution >= 4 is 9.84 Å². The van der Waals surface area contributed by atoms with E-state index in [0.29, 0.717) is 11.3 Å². The molecule has 0 fully saturated rings. The highest BCUT2D eigenvalue weighted by Gasteiger charge is 2.19. The largest absolute Gasteiger partial charge is 0.326 e. The van der Waals surface area contributed by atoms with Gasteiger partial charge in [-0.05, 0) is 44.4 Å². The second-order valence-electron chi connectivity index (χ2n) is 5.05. The standard InChI is InChI=1S/C13H21NO2S/c1-4-11-5-7-12(8-6-11)17(15,16)10-9-13(2,3)14/h5-8H,4,9-10,14H2,1-3H3. The fraction of sp³-hybridized carbons (Fsp3) is 0.538. The molecule has 0 aliphatic rings. The van der Waals surface area contributed by atoms with E-state index in [1.807, 2.05) is 32.9 Å². The summed E-state index contributed by atoms with van der Waals surface area (Å²) in [6.45, 7) is 5.71. The molecule has 0 saturated carbocycles. The molecule has 0 radical (unpaired) electrons. The first-order valence-electron chi connectivity index (χ1n) is 5.85. The molecular formula is C13H21NO2S. The number of sulfone groups is 1.